The zero-order valence-electron chi connectivity index (χ0n) is 3.91. The summed E-state index contributed by atoms with van der Waals surface area (Å²) in [4.78, 5) is 0. The van der Waals surface area contributed by atoms with Crippen LogP contribution in [-0.2, 0) is 0 Å². The first-order valence-electron chi connectivity index (χ1n) is 1.51. The van der Waals surface area contributed by atoms with E-state index < -0.39 is 0 Å². The van der Waals surface area contributed by atoms with Crippen LogP contribution in [0.4, 0.5) is 0 Å². The lowest BCUT2D eigenvalue weighted by Crippen LogP contribution is -1.20. The fourth-order valence-electron chi connectivity index (χ4n) is 0. The molecule has 0 saturated heterocycles. The molecule has 0 amide bonds. The van der Waals surface area contributed by atoms with Gasteiger partial charge in [-0.2, -0.15) is 11.1 Å². The molecule has 0 fully saturated rings. The Bertz CT molecular complexity index is 24.0. The van der Waals surface area contributed by atoms with E-state index in [9.17, 15) is 0 Å². The summed E-state index contributed by atoms with van der Waals surface area (Å²) in [6.45, 7) is 1.87. The van der Waals surface area contributed by atoms with E-state index in [2.05, 4.69) is 0 Å². The Morgan fingerprint density at radius 3 is 1.67 bits per heavy atom. The van der Waals surface area contributed by atoms with E-state index in [1.54, 1.807) is 6.08 Å². The van der Waals surface area contributed by atoms with Crippen molar-refractivity contribution in [1.29, 1.82) is 0 Å². The molecule has 0 aliphatic rings. The number of rotatable bonds is 0. The molecule has 0 rings (SSSR count). The van der Waals surface area contributed by atoms with Crippen LogP contribution in [0.25, 0.3) is 0 Å². The van der Waals surface area contributed by atoms with Crippen molar-refractivity contribution in [3.05, 3.63) is 11.6 Å². The monoisotopic (exact) mass is 142 g/mol. The summed E-state index contributed by atoms with van der Waals surface area (Å²) in [5, 5.41) is 0. The zero-order valence-corrected chi connectivity index (χ0v) is 7.42. The number of allylic oxidation sites excluding steroid dienone is 1. The molecule has 0 heterocycles. The first kappa shape index (κ1) is 9.74. The molecule has 0 bridgehead atoms. The average molecular weight is 143 g/mol. The highest BCUT2D eigenvalue weighted by atomic mass is 35.6. The van der Waals surface area contributed by atoms with Crippen LogP contribution in [0.1, 0.15) is 6.92 Å². The molecule has 0 nitrogen and oxygen atoms in total. The molecule has 0 aromatic heterocycles. The zero-order chi connectivity index (χ0) is 5.41. The van der Waals surface area contributed by atoms with Crippen molar-refractivity contribution in [3.8, 4) is 0 Å². The third-order valence-corrected chi connectivity index (χ3v) is 0.378. The summed E-state index contributed by atoms with van der Waals surface area (Å²) in [7, 11) is 0.778. The summed E-state index contributed by atoms with van der Waals surface area (Å²) in [6.07, 6.45) is 1.77. The predicted octanol–water partition coefficient (Wildman–Crippen LogP) is 1.26. The fourth-order valence-corrected chi connectivity index (χ4v) is 0. The second kappa shape index (κ2) is 17.7. The van der Waals surface area contributed by atoms with Gasteiger partial charge in [-0.05, 0) is 12.5 Å². The first-order valence-corrected chi connectivity index (χ1v) is 4.97. The van der Waals surface area contributed by atoms with Gasteiger partial charge >= 0.3 is 0 Å². The van der Waals surface area contributed by atoms with Gasteiger partial charge < -0.3 is 0 Å². The molecule has 0 aliphatic heterocycles. The highest BCUT2D eigenvalue weighted by molar-refractivity contribution is 6.80. The van der Waals surface area contributed by atoms with Crippen LogP contribution in [0.2, 0.25) is 0 Å². The Morgan fingerprint density at radius 1 is 1.50 bits per heavy atom. The molecule has 6 heavy (non-hydrogen) atoms. The summed E-state index contributed by atoms with van der Waals surface area (Å²) >= 11 is 9.78. The van der Waals surface area contributed by atoms with Gasteiger partial charge in [-0.15, -0.1) is 0 Å². The van der Waals surface area contributed by atoms with Crippen molar-refractivity contribution in [1.82, 2.24) is 0 Å². The van der Waals surface area contributed by atoms with E-state index in [0.717, 1.165) is 9.55 Å². The van der Waals surface area contributed by atoms with E-state index in [-0.39, 0.29) is 0 Å². The number of halogens is 2. The molecule has 0 unspecified atom stereocenters. The molecule has 0 spiro atoms. The molecule has 0 radical (unpaired) electrons. The van der Waals surface area contributed by atoms with Crippen molar-refractivity contribution in [2.45, 2.75) is 6.92 Å². The lowest BCUT2D eigenvalue weighted by Gasteiger charge is -1.46. The van der Waals surface area contributed by atoms with Crippen molar-refractivity contribution in [2.75, 3.05) is 0 Å². The average Bonchev–Trinajstić information content (AvgIpc) is 1.72. The Labute approximate surface area is 51.3 Å². The third-order valence-electron chi connectivity index (χ3n) is 0.126. The van der Waals surface area contributed by atoms with Gasteiger partial charge in [-0.25, -0.2) is 0 Å². The molecule has 0 aliphatic carbocycles. The van der Waals surface area contributed by atoms with Crippen molar-refractivity contribution >= 4 is 32.2 Å². The van der Waals surface area contributed by atoms with E-state index in [1.165, 1.54) is 5.54 Å². The maximum absolute atomic E-state index is 5.01. The molecular weight excluding hydrogens is 135 g/mol. The summed E-state index contributed by atoms with van der Waals surface area (Å²) < 4.78 is 0. The number of hydrogen-bond acceptors (Lipinski definition) is 0. The van der Waals surface area contributed by atoms with Gasteiger partial charge in [0.15, 0.2) is 0 Å². The van der Waals surface area contributed by atoms with Gasteiger partial charge in [0.05, 0.1) is 0 Å². The van der Waals surface area contributed by atoms with Crippen LogP contribution in [-0.4, -0.2) is 9.55 Å². The van der Waals surface area contributed by atoms with Gasteiger partial charge in [-0.1, -0.05) is 17.7 Å². The van der Waals surface area contributed by atoms with Gasteiger partial charge in [-0.3, -0.25) is 0 Å². The van der Waals surface area contributed by atoms with Gasteiger partial charge in [0.1, 0.15) is 9.55 Å². The smallest absolute Gasteiger partial charge is 0.109 e. The molecule has 0 N–H and O–H groups in total. The normalized spacial score (nSPS) is 7.83. The Kier molecular flexibility index (Phi) is 28.7. The molecule has 38 valence electrons. The number of hydrogen-bond donors (Lipinski definition) is 0. The molecule has 0 aromatic rings. The van der Waals surface area contributed by atoms with Crippen LogP contribution in [0.15, 0.2) is 11.6 Å². The van der Waals surface area contributed by atoms with Crippen LogP contribution >= 0.6 is 22.7 Å². The standard InChI is InChI=1S/C3H5Cl.ClH3Si/c1-2-3-4;1-2/h2-3H,1H3;2H3. The van der Waals surface area contributed by atoms with Crippen molar-refractivity contribution in [2.24, 2.45) is 0 Å². The minimum absolute atomic E-state index is 0.778. The van der Waals surface area contributed by atoms with Crippen LogP contribution in [0, 0.1) is 0 Å². The Hall–Kier alpha value is 0.537. The summed E-state index contributed by atoms with van der Waals surface area (Å²) in [6, 6.07) is 0. The SMILES string of the molecule is CC=CCl.[SiH3]Cl. The van der Waals surface area contributed by atoms with Crippen LogP contribution in [0.3, 0.4) is 0 Å². The summed E-state index contributed by atoms with van der Waals surface area (Å²) in [5.74, 6) is 0. The molecule has 0 atom stereocenters. The minimum Gasteiger partial charge on any atom is -0.181 e. The predicted molar refractivity (Wildman–Crippen MR) is 36.5 cm³/mol. The van der Waals surface area contributed by atoms with Gasteiger partial charge in [0.2, 0.25) is 0 Å². The lowest BCUT2D eigenvalue weighted by molar-refractivity contribution is 1.78. The Morgan fingerprint density at radius 2 is 1.67 bits per heavy atom. The topological polar surface area (TPSA) is 0 Å². The molecule has 0 saturated carbocycles. The highest BCUT2D eigenvalue weighted by Gasteiger charge is 1.37. The van der Waals surface area contributed by atoms with Crippen LogP contribution in [0.5, 0.6) is 0 Å². The van der Waals surface area contributed by atoms with Crippen LogP contribution < -0.4 is 0 Å². The second-order valence-corrected chi connectivity index (χ2v) is 0.711. The molecule has 3 heteroatoms. The van der Waals surface area contributed by atoms with E-state index >= 15 is 0 Å². The first-order chi connectivity index (χ1) is 2.91. The van der Waals surface area contributed by atoms with E-state index in [1.807, 2.05) is 6.92 Å². The third kappa shape index (κ3) is 24.0. The Balaban J connectivity index is 0. The molecule has 0 aromatic carbocycles. The van der Waals surface area contributed by atoms with Crippen molar-refractivity contribution in [3.63, 3.8) is 0 Å². The second-order valence-electron chi connectivity index (χ2n) is 0.459. The maximum atomic E-state index is 5.01. The highest BCUT2D eigenvalue weighted by Crippen LogP contribution is 1.70. The minimum atomic E-state index is 0.778. The quantitative estimate of drug-likeness (QED) is 0.354. The van der Waals surface area contributed by atoms with Gasteiger partial charge in [0.25, 0.3) is 0 Å². The molecular formula is C3H8Cl2Si. The van der Waals surface area contributed by atoms with E-state index in [0.29, 0.717) is 0 Å². The largest absolute Gasteiger partial charge is 0.181 e. The fraction of sp³-hybridized carbons (Fsp3) is 0.333. The summed E-state index contributed by atoms with van der Waals surface area (Å²) in [5.41, 5.74) is 1.47. The van der Waals surface area contributed by atoms with E-state index in [4.69, 9.17) is 22.7 Å². The lowest BCUT2D eigenvalue weighted by atomic mass is 10.8. The van der Waals surface area contributed by atoms with Crippen molar-refractivity contribution < 1.29 is 0 Å². The maximum Gasteiger partial charge on any atom is 0.109 e. The van der Waals surface area contributed by atoms with Gasteiger partial charge in [0, 0.05) is 0 Å².